The number of pyridine rings is 1. The highest BCUT2D eigenvalue weighted by molar-refractivity contribution is 5.98. The molecule has 2 N–H and O–H groups in total. The Morgan fingerprint density at radius 2 is 1.95 bits per heavy atom. The van der Waals surface area contributed by atoms with Crippen LogP contribution in [0.1, 0.15) is 37.7 Å². The zero-order valence-electron chi connectivity index (χ0n) is 22.5. The van der Waals surface area contributed by atoms with E-state index in [4.69, 9.17) is 9.72 Å². The summed E-state index contributed by atoms with van der Waals surface area (Å²) in [5.41, 5.74) is 2.47. The average Bonchev–Trinajstić information content (AvgIpc) is 3.71. The van der Waals surface area contributed by atoms with Crippen molar-refractivity contribution < 1.29 is 13.5 Å². The fraction of sp³-hybridized carbons (Fsp3) is 0.517. The van der Waals surface area contributed by atoms with E-state index in [0.29, 0.717) is 41.8 Å². The van der Waals surface area contributed by atoms with E-state index in [2.05, 4.69) is 35.3 Å². The Morgan fingerprint density at radius 1 is 1.10 bits per heavy atom. The van der Waals surface area contributed by atoms with Crippen molar-refractivity contribution in [2.75, 3.05) is 37.7 Å². The summed E-state index contributed by atoms with van der Waals surface area (Å²) in [7, 11) is 0. The van der Waals surface area contributed by atoms with E-state index < -0.39 is 12.0 Å². The molecule has 40 heavy (non-hydrogen) atoms. The van der Waals surface area contributed by atoms with E-state index >= 15 is 4.39 Å². The van der Waals surface area contributed by atoms with E-state index in [1.54, 1.807) is 12.4 Å². The molecule has 3 unspecified atom stereocenters. The number of piperazine rings is 1. The maximum Gasteiger partial charge on any atom is 0.319 e. The van der Waals surface area contributed by atoms with Gasteiger partial charge in [-0.1, -0.05) is 6.07 Å². The number of H-pyrrole nitrogens is 1. The van der Waals surface area contributed by atoms with Gasteiger partial charge in [0.05, 0.1) is 22.6 Å². The predicted molar refractivity (Wildman–Crippen MR) is 148 cm³/mol. The SMILES string of the molecule is Cc1ccc2[nH]ncc2c1-c1ncc2c(N3CC4CCC(C3)N4)nc(OCC34CCCN3C[C@H](F)C4)nc2c1F. The Labute approximate surface area is 230 Å². The highest BCUT2D eigenvalue weighted by atomic mass is 19.1. The molecule has 0 amide bonds. The van der Waals surface area contributed by atoms with Crippen LogP contribution in [0.2, 0.25) is 0 Å². The Morgan fingerprint density at radius 3 is 2.80 bits per heavy atom. The van der Waals surface area contributed by atoms with Gasteiger partial charge in [0.2, 0.25) is 0 Å². The third-order valence-corrected chi connectivity index (χ3v) is 9.46. The molecule has 4 atom stereocenters. The maximum atomic E-state index is 16.5. The van der Waals surface area contributed by atoms with Crippen molar-refractivity contribution in [2.45, 2.75) is 62.8 Å². The summed E-state index contributed by atoms with van der Waals surface area (Å²) < 4.78 is 37.2. The van der Waals surface area contributed by atoms with Gasteiger partial charge in [-0.2, -0.15) is 15.1 Å². The predicted octanol–water partition coefficient (Wildman–Crippen LogP) is 3.91. The monoisotopic (exact) mass is 546 g/mol. The van der Waals surface area contributed by atoms with E-state index in [0.717, 1.165) is 61.8 Å². The van der Waals surface area contributed by atoms with Gasteiger partial charge in [0.15, 0.2) is 5.82 Å². The van der Waals surface area contributed by atoms with E-state index in [1.165, 1.54) is 0 Å². The summed E-state index contributed by atoms with van der Waals surface area (Å²) in [4.78, 5) is 18.5. The number of aromatic nitrogens is 5. The Hall–Kier alpha value is -3.44. The minimum atomic E-state index is -0.853. The summed E-state index contributed by atoms with van der Waals surface area (Å²) in [5.74, 6) is 0.136. The molecule has 11 heteroatoms. The van der Waals surface area contributed by atoms with Gasteiger partial charge in [-0.05, 0) is 50.8 Å². The number of fused-ring (bicyclic) bond motifs is 5. The number of anilines is 1. The summed E-state index contributed by atoms with van der Waals surface area (Å²) in [6, 6.07) is 4.74. The average molecular weight is 547 g/mol. The second-order valence-electron chi connectivity index (χ2n) is 12.0. The summed E-state index contributed by atoms with van der Waals surface area (Å²) in [6.45, 7) is 5.10. The molecule has 0 saturated carbocycles. The molecule has 4 fully saturated rings. The van der Waals surface area contributed by atoms with Crippen molar-refractivity contribution in [1.82, 2.24) is 35.4 Å². The number of alkyl halides is 1. The molecule has 4 aliphatic rings. The second-order valence-corrected chi connectivity index (χ2v) is 12.0. The highest BCUT2D eigenvalue weighted by Crippen LogP contribution is 2.41. The van der Waals surface area contributed by atoms with Crippen LogP contribution in [-0.4, -0.2) is 86.6 Å². The van der Waals surface area contributed by atoms with Crippen molar-refractivity contribution >= 4 is 27.6 Å². The molecular formula is C29H32F2N8O. The molecule has 1 aromatic carbocycles. The number of aryl methyl sites for hydroxylation is 1. The standard InChI is InChI=1S/C29H32F2N8O/c1-16-3-6-22-20(11-33-37-22)23(16)26-24(31)25-21(10-32-26)27(38-13-18-4-5-19(14-38)34-18)36-28(35-25)40-15-29-7-2-8-39(29)12-17(30)9-29/h3,6,10-11,17-19,34H,2,4-5,7-9,12-15H2,1H3,(H,33,37)/t17-,18?,19?,29?/m1/s1. The highest BCUT2D eigenvalue weighted by Gasteiger charge is 2.49. The van der Waals surface area contributed by atoms with E-state index in [-0.39, 0.29) is 29.4 Å². The smallest absolute Gasteiger partial charge is 0.319 e. The number of ether oxygens (including phenoxy) is 1. The Balaban J connectivity index is 1.24. The molecule has 0 aliphatic carbocycles. The Bertz CT molecular complexity index is 1610. The van der Waals surface area contributed by atoms with Gasteiger partial charge >= 0.3 is 6.01 Å². The lowest BCUT2D eigenvalue weighted by Crippen LogP contribution is -2.51. The zero-order valence-corrected chi connectivity index (χ0v) is 22.5. The molecule has 4 aromatic rings. The van der Waals surface area contributed by atoms with Gasteiger partial charge in [-0.25, -0.2) is 8.78 Å². The fourth-order valence-corrected chi connectivity index (χ4v) is 7.56. The fourth-order valence-electron chi connectivity index (χ4n) is 7.56. The van der Waals surface area contributed by atoms with Crippen LogP contribution in [0.5, 0.6) is 6.01 Å². The lowest BCUT2D eigenvalue weighted by atomic mass is 9.95. The molecule has 208 valence electrons. The molecule has 0 radical (unpaired) electrons. The number of rotatable bonds is 5. The number of nitrogens with zero attached hydrogens (tertiary/aromatic N) is 6. The number of hydrogen-bond acceptors (Lipinski definition) is 8. The molecule has 2 bridgehead atoms. The van der Waals surface area contributed by atoms with Gasteiger partial charge in [-0.15, -0.1) is 0 Å². The molecule has 4 aliphatic heterocycles. The van der Waals surface area contributed by atoms with Crippen LogP contribution in [-0.2, 0) is 0 Å². The van der Waals surface area contributed by atoms with Crippen molar-refractivity contribution in [1.29, 1.82) is 0 Å². The molecular weight excluding hydrogens is 514 g/mol. The molecule has 9 nitrogen and oxygen atoms in total. The van der Waals surface area contributed by atoms with Crippen molar-refractivity contribution in [3.05, 3.63) is 35.9 Å². The first kappa shape index (κ1) is 24.4. The van der Waals surface area contributed by atoms with Crippen LogP contribution in [0.4, 0.5) is 14.6 Å². The van der Waals surface area contributed by atoms with E-state index in [1.807, 2.05) is 19.1 Å². The molecule has 7 heterocycles. The van der Waals surface area contributed by atoms with Crippen LogP contribution >= 0.6 is 0 Å². The van der Waals surface area contributed by atoms with Crippen LogP contribution in [0, 0.1) is 12.7 Å². The second kappa shape index (κ2) is 9.04. The summed E-state index contributed by atoms with van der Waals surface area (Å²) in [6.07, 6.45) is 7.11. The first-order valence-corrected chi connectivity index (χ1v) is 14.3. The summed E-state index contributed by atoms with van der Waals surface area (Å²) in [5, 5.41) is 12.1. The van der Waals surface area contributed by atoms with Crippen LogP contribution in [0.3, 0.4) is 0 Å². The third kappa shape index (κ3) is 3.77. The number of benzene rings is 1. The van der Waals surface area contributed by atoms with E-state index in [9.17, 15) is 4.39 Å². The lowest BCUT2D eigenvalue weighted by molar-refractivity contribution is 0.107. The Kier molecular flexibility index (Phi) is 5.50. The van der Waals surface area contributed by atoms with Gasteiger partial charge in [0.25, 0.3) is 0 Å². The van der Waals surface area contributed by atoms with Gasteiger partial charge in [0.1, 0.15) is 29.8 Å². The number of aromatic amines is 1. The summed E-state index contributed by atoms with van der Waals surface area (Å²) >= 11 is 0. The number of nitrogens with one attached hydrogen (secondary N) is 2. The largest absolute Gasteiger partial charge is 0.461 e. The van der Waals surface area contributed by atoms with Crippen molar-refractivity contribution in [3.8, 4) is 17.3 Å². The molecule has 4 saturated heterocycles. The van der Waals surface area contributed by atoms with Gasteiger partial charge in [-0.3, -0.25) is 15.0 Å². The van der Waals surface area contributed by atoms with Crippen molar-refractivity contribution in [2.24, 2.45) is 0 Å². The minimum absolute atomic E-state index is 0.131. The molecule has 0 spiro atoms. The number of hydrogen-bond donors (Lipinski definition) is 2. The quantitative estimate of drug-likeness (QED) is 0.389. The van der Waals surface area contributed by atoms with Gasteiger partial charge in [0, 0.05) is 55.3 Å². The minimum Gasteiger partial charge on any atom is -0.461 e. The topological polar surface area (TPSA) is 95.1 Å². The number of halogens is 2. The van der Waals surface area contributed by atoms with Crippen LogP contribution in [0.25, 0.3) is 33.1 Å². The maximum absolute atomic E-state index is 16.5. The zero-order chi connectivity index (χ0) is 27.0. The van der Waals surface area contributed by atoms with Crippen LogP contribution in [0.15, 0.2) is 24.5 Å². The third-order valence-electron chi connectivity index (χ3n) is 9.46. The molecule has 3 aromatic heterocycles. The van der Waals surface area contributed by atoms with Crippen molar-refractivity contribution in [3.63, 3.8) is 0 Å². The lowest BCUT2D eigenvalue weighted by Gasteiger charge is -2.34. The van der Waals surface area contributed by atoms with Gasteiger partial charge < -0.3 is 15.0 Å². The van der Waals surface area contributed by atoms with Crippen LogP contribution < -0.4 is 15.0 Å². The first-order valence-electron chi connectivity index (χ1n) is 14.3. The normalized spacial score (nSPS) is 28.2. The first-order chi connectivity index (χ1) is 19.5. The molecule has 8 rings (SSSR count).